The highest BCUT2D eigenvalue weighted by Gasteiger charge is 2.29. The lowest BCUT2D eigenvalue weighted by molar-refractivity contribution is -0.117. The first-order chi connectivity index (χ1) is 17.7. The molecule has 176 valence electrons. The van der Waals surface area contributed by atoms with Crippen LogP contribution in [-0.4, -0.2) is 36.0 Å². The van der Waals surface area contributed by atoms with Crippen molar-refractivity contribution in [1.29, 1.82) is 0 Å². The van der Waals surface area contributed by atoms with E-state index in [-0.39, 0.29) is 11.8 Å². The number of fused-ring (bicyclic) bond motifs is 2. The maximum absolute atomic E-state index is 16.0. The molecule has 0 saturated heterocycles. The molecule has 1 amide bonds. The van der Waals surface area contributed by atoms with Crippen LogP contribution in [0.5, 0.6) is 0 Å². The summed E-state index contributed by atoms with van der Waals surface area (Å²) in [6.45, 7) is 0. The number of H-pyrrole nitrogens is 2. The van der Waals surface area contributed by atoms with Crippen molar-refractivity contribution in [2.75, 3.05) is 5.32 Å². The minimum absolute atomic E-state index is 0.0313. The molecule has 0 aliphatic heterocycles. The molecule has 9 nitrogen and oxygen atoms in total. The topological polar surface area (TPSA) is 125 Å². The lowest BCUT2D eigenvalue weighted by atomic mass is 10.0. The first kappa shape index (κ1) is 20.5. The van der Waals surface area contributed by atoms with Gasteiger partial charge in [-0.25, -0.2) is 9.37 Å². The number of aromatic nitrogens is 6. The van der Waals surface area contributed by atoms with Gasteiger partial charge in [0.05, 0.1) is 40.8 Å². The van der Waals surface area contributed by atoms with Crippen molar-refractivity contribution in [3.05, 3.63) is 67.3 Å². The van der Waals surface area contributed by atoms with Crippen LogP contribution in [0, 0.1) is 11.7 Å². The SMILES string of the molecule is O=C(Nc1cncc(-c2ccc3[nH]nc(-c4nc5c(-c6ccoc6)nccc5[nH]4)c3c2F)c1)C1CC1. The Balaban J connectivity index is 1.32. The predicted molar refractivity (Wildman–Crippen MR) is 131 cm³/mol. The van der Waals surface area contributed by atoms with Crippen molar-refractivity contribution in [3.8, 4) is 33.9 Å². The fourth-order valence-electron chi connectivity index (χ4n) is 4.37. The second-order valence-electron chi connectivity index (χ2n) is 8.80. The van der Waals surface area contributed by atoms with Gasteiger partial charge in [0, 0.05) is 35.0 Å². The van der Waals surface area contributed by atoms with Crippen LogP contribution in [-0.2, 0) is 4.79 Å². The van der Waals surface area contributed by atoms with Gasteiger partial charge < -0.3 is 14.7 Å². The molecule has 36 heavy (non-hydrogen) atoms. The minimum atomic E-state index is -0.461. The molecule has 3 N–H and O–H groups in total. The molecule has 5 aromatic heterocycles. The molecule has 0 radical (unpaired) electrons. The summed E-state index contributed by atoms with van der Waals surface area (Å²) in [4.78, 5) is 28.7. The van der Waals surface area contributed by atoms with E-state index in [1.165, 1.54) is 0 Å². The zero-order valence-electron chi connectivity index (χ0n) is 18.7. The fourth-order valence-corrected chi connectivity index (χ4v) is 4.37. The highest BCUT2D eigenvalue weighted by molar-refractivity contribution is 5.98. The molecule has 1 aromatic carbocycles. The van der Waals surface area contributed by atoms with Crippen molar-refractivity contribution in [3.63, 3.8) is 0 Å². The molecule has 5 heterocycles. The third kappa shape index (κ3) is 3.34. The highest BCUT2D eigenvalue weighted by atomic mass is 19.1. The van der Waals surface area contributed by atoms with Gasteiger partial charge in [-0.05, 0) is 43.2 Å². The monoisotopic (exact) mass is 479 g/mol. The van der Waals surface area contributed by atoms with E-state index in [1.807, 2.05) is 0 Å². The normalized spacial score (nSPS) is 13.5. The number of nitrogens with one attached hydrogen (secondary N) is 3. The van der Waals surface area contributed by atoms with E-state index in [1.54, 1.807) is 61.4 Å². The number of benzene rings is 1. The molecule has 0 spiro atoms. The lowest BCUT2D eigenvalue weighted by Crippen LogP contribution is -2.13. The number of amides is 1. The van der Waals surface area contributed by atoms with Gasteiger partial charge >= 0.3 is 0 Å². The second kappa shape index (κ2) is 7.84. The predicted octanol–water partition coefficient (Wildman–Crippen LogP) is 5.31. The Labute approximate surface area is 202 Å². The number of carbonyl (C=O) groups is 1. The van der Waals surface area contributed by atoms with Crippen LogP contribution >= 0.6 is 0 Å². The zero-order valence-corrected chi connectivity index (χ0v) is 18.7. The number of rotatable bonds is 5. The second-order valence-corrected chi connectivity index (χ2v) is 8.80. The number of carbonyl (C=O) groups excluding carboxylic acids is 1. The molecule has 10 heteroatoms. The first-order valence-electron chi connectivity index (χ1n) is 11.5. The van der Waals surface area contributed by atoms with E-state index < -0.39 is 5.82 Å². The Morgan fingerprint density at radius 3 is 2.83 bits per heavy atom. The van der Waals surface area contributed by atoms with E-state index in [9.17, 15) is 4.79 Å². The molecule has 1 aliphatic carbocycles. The Bertz CT molecular complexity index is 1770. The third-order valence-electron chi connectivity index (χ3n) is 6.35. The summed E-state index contributed by atoms with van der Waals surface area (Å²) in [5.74, 6) is -0.0228. The molecule has 0 bridgehead atoms. The Morgan fingerprint density at radius 2 is 2.00 bits per heavy atom. The van der Waals surface area contributed by atoms with Gasteiger partial charge in [-0.1, -0.05) is 0 Å². The van der Waals surface area contributed by atoms with Crippen LogP contribution in [0.3, 0.4) is 0 Å². The number of imidazole rings is 1. The van der Waals surface area contributed by atoms with Gasteiger partial charge in [-0.2, -0.15) is 5.10 Å². The maximum atomic E-state index is 16.0. The summed E-state index contributed by atoms with van der Waals surface area (Å²) in [5.41, 5.74) is 5.13. The van der Waals surface area contributed by atoms with Crippen LogP contribution in [0.4, 0.5) is 10.1 Å². The summed E-state index contributed by atoms with van der Waals surface area (Å²) in [6.07, 6.45) is 9.77. The van der Waals surface area contributed by atoms with E-state index in [4.69, 9.17) is 9.40 Å². The number of anilines is 1. The molecule has 0 unspecified atom stereocenters. The molecule has 7 rings (SSSR count). The summed E-state index contributed by atoms with van der Waals surface area (Å²) >= 11 is 0. The molecular formula is C26H18FN7O2. The van der Waals surface area contributed by atoms with Crippen LogP contribution in [0.15, 0.2) is 65.9 Å². The number of aromatic amines is 2. The fraction of sp³-hybridized carbons (Fsp3) is 0.115. The van der Waals surface area contributed by atoms with Crippen LogP contribution in [0.25, 0.3) is 55.8 Å². The van der Waals surface area contributed by atoms with Crippen LogP contribution in [0.2, 0.25) is 0 Å². The van der Waals surface area contributed by atoms with Gasteiger partial charge in [0.1, 0.15) is 22.7 Å². The number of nitrogens with zero attached hydrogens (tertiary/aromatic N) is 4. The van der Waals surface area contributed by atoms with E-state index in [2.05, 4.69) is 30.5 Å². The van der Waals surface area contributed by atoms with Crippen LogP contribution in [0.1, 0.15) is 12.8 Å². The lowest BCUT2D eigenvalue weighted by Gasteiger charge is -2.08. The van der Waals surface area contributed by atoms with Crippen molar-refractivity contribution >= 4 is 33.5 Å². The van der Waals surface area contributed by atoms with Gasteiger partial charge in [0.2, 0.25) is 5.91 Å². The number of furan rings is 1. The quantitative estimate of drug-likeness (QED) is 0.308. The maximum Gasteiger partial charge on any atom is 0.227 e. The Kier molecular flexibility index (Phi) is 4.47. The molecule has 1 fully saturated rings. The van der Waals surface area contributed by atoms with Crippen LogP contribution < -0.4 is 5.32 Å². The van der Waals surface area contributed by atoms with E-state index in [0.29, 0.717) is 50.4 Å². The summed E-state index contributed by atoms with van der Waals surface area (Å²) in [5, 5.41) is 10.4. The number of hydrogen-bond acceptors (Lipinski definition) is 6. The average molecular weight is 479 g/mol. The summed E-state index contributed by atoms with van der Waals surface area (Å²) < 4.78 is 21.2. The van der Waals surface area contributed by atoms with Crippen molar-refractivity contribution < 1.29 is 13.6 Å². The third-order valence-corrected chi connectivity index (χ3v) is 6.35. The first-order valence-corrected chi connectivity index (χ1v) is 11.5. The smallest absolute Gasteiger partial charge is 0.227 e. The van der Waals surface area contributed by atoms with E-state index >= 15 is 4.39 Å². The van der Waals surface area contributed by atoms with E-state index in [0.717, 1.165) is 23.9 Å². The Morgan fingerprint density at radius 1 is 1.08 bits per heavy atom. The molecule has 1 aliphatic rings. The number of pyridine rings is 2. The van der Waals surface area contributed by atoms with Gasteiger partial charge in [-0.15, -0.1) is 0 Å². The largest absolute Gasteiger partial charge is 0.472 e. The minimum Gasteiger partial charge on any atom is -0.472 e. The molecule has 0 atom stereocenters. The standard InChI is InChI=1S/C26H18FN7O2/c27-21-17(15-9-16(11-28-10-15)30-26(35)13-1-2-13)3-4-18-20(21)24(34-33-18)25-31-19-5-7-29-22(23(19)32-25)14-6-8-36-12-14/h3-13H,1-2H2,(H,30,35)(H,31,32)(H,33,34). The number of hydrogen-bond donors (Lipinski definition) is 3. The van der Waals surface area contributed by atoms with Gasteiger partial charge in [0.25, 0.3) is 0 Å². The van der Waals surface area contributed by atoms with Crippen molar-refractivity contribution in [2.45, 2.75) is 12.8 Å². The zero-order chi connectivity index (χ0) is 24.2. The summed E-state index contributed by atoms with van der Waals surface area (Å²) in [7, 11) is 0. The van der Waals surface area contributed by atoms with Gasteiger partial charge in [-0.3, -0.25) is 19.9 Å². The molecular weight excluding hydrogens is 461 g/mol. The Hall–Kier alpha value is -4.86. The highest BCUT2D eigenvalue weighted by Crippen LogP contribution is 2.36. The van der Waals surface area contributed by atoms with Crippen molar-refractivity contribution in [1.82, 2.24) is 30.1 Å². The van der Waals surface area contributed by atoms with Crippen molar-refractivity contribution in [2.24, 2.45) is 5.92 Å². The molecule has 1 saturated carbocycles. The van der Waals surface area contributed by atoms with Gasteiger partial charge in [0.15, 0.2) is 5.82 Å². The molecule has 6 aromatic rings. The number of halogens is 1. The average Bonchev–Trinajstić information content (AvgIpc) is 3.27. The summed E-state index contributed by atoms with van der Waals surface area (Å²) in [6, 6.07) is 8.77.